The number of nitrogens with zero attached hydrogens (tertiary/aromatic N) is 1. The van der Waals surface area contributed by atoms with E-state index in [2.05, 4.69) is 20.9 Å². The molecule has 5 amide bonds. The van der Waals surface area contributed by atoms with Crippen LogP contribution in [0.5, 0.6) is 0 Å². The summed E-state index contributed by atoms with van der Waals surface area (Å²) in [6.45, 7) is 5.62. The smallest absolute Gasteiger partial charge is 0.846 e. The second-order valence-electron chi connectivity index (χ2n) is 8.58. The van der Waals surface area contributed by atoms with Gasteiger partial charge in [0, 0.05) is 0 Å². The van der Waals surface area contributed by atoms with Gasteiger partial charge in [0.05, 0.1) is 6.02 Å². The molecule has 2 aromatic rings. The van der Waals surface area contributed by atoms with Gasteiger partial charge in [-0.2, -0.15) is 0 Å². The number of carbonyl (C=O) groups is 4. The maximum Gasteiger partial charge on any atom is 1.00 e. The number of hydrogen-bond donors (Lipinski definition) is 3. The Kier molecular flexibility index (Phi) is 9.98. The van der Waals surface area contributed by atoms with Crippen molar-refractivity contribution < 1.29 is 53.8 Å². The number of aliphatic imine (C=N–C) groups is 1. The van der Waals surface area contributed by atoms with Crippen LogP contribution >= 0.6 is 0 Å². The molecule has 2 atom stereocenters. The van der Waals surface area contributed by atoms with Crippen LogP contribution in [0.25, 0.3) is 0 Å². The van der Waals surface area contributed by atoms with E-state index in [4.69, 9.17) is 0 Å². The van der Waals surface area contributed by atoms with Crippen molar-refractivity contribution in [1.82, 2.24) is 16.0 Å². The van der Waals surface area contributed by atoms with Gasteiger partial charge in [0.25, 0.3) is 11.8 Å². The van der Waals surface area contributed by atoms with Gasteiger partial charge in [-0.15, -0.1) is 0 Å². The Labute approximate surface area is 232 Å². The van der Waals surface area contributed by atoms with Gasteiger partial charge in [0.2, 0.25) is 5.91 Å². The molecule has 0 aromatic heterocycles. The molecule has 1 fully saturated rings. The minimum absolute atomic E-state index is 0. The first-order valence-electron chi connectivity index (χ1n) is 11.6. The van der Waals surface area contributed by atoms with Gasteiger partial charge in [0.15, 0.2) is 5.54 Å². The predicted molar refractivity (Wildman–Crippen MR) is 128 cm³/mol. The van der Waals surface area contributed by atoms with Crippen LogP contribution in [0.1, 0.15) is 51.2 Å². The number of carbonyl (C=O) groups excluding carboxylic acids is 4. The van der Waals surface area contributed by atoms with Crippen LogP contribution in [-0.2, 0) is 19.9 Å². The van der Waals surface area contributed by atoms with E-state index >= 15 is 0 Å². The molecule has 0 bridgehead atoms. The zero-order valence-corrected chi connectivity index (χ0v) is 23.0. The fraction of sp³-hybridized carbons (Fsp3) is 0.346. The summed E-state index contributed by atoms with van der Waals surface area (Å²) in [5, 5.41) is 18.1. The number of amides is 5. The van der Waals surface area contributed by atoms with Crippen LogP contribution in [-0.4, -0.2) is 29.8 Å². The molecule has 2 unspecified atom stereocenters. The van der Waals surface area contributed by atoms with Crippen LogP contribution in [0.4, 0.5) is 4.79 Å². The molecule has 9 nitrogen and oxygen atoms in total. The van der Waals surface area contributed by atoms with E-state index in [1.54, 1.807) is 6.92 Å². The van der Waals surface area contributed by atoms with E-state index < -0.39 is 34.8 Å². The first-order valence-corrected chi connectivity index (χ1v) is 11.6. The largest absolute Gasteiger partial charge is 1.00 e. The zero-order chi connectivity index (χ0) is 25.6. The third-order valence-electron chi connectivity index (χ3n) is 6.61. The second-order valence-corrected chi connectivity index (χ2v) is 8.58. The fourth-order valence-corrected chi connectivity index (χ4v) is 4.70. The number of hydrogen-bond acceptors (Lipinski definition) is 5. The van der Waals surface area contributed by atoms with Crippen molar-refractivity contribution in [2.45, 2.75) is 45.6 Å². The fourth-order valence-electron chi connectivity index (χ4n) is 4.70. The minimum atomic E-state index is -1.15. The quantitative estimate of drug-likeness (QED) is 0.264. The van der Waals surface area contributed by atoms with Crippen LogP contribution in [0, 0.1) is 11.3 Å². The van der Waals surface area contributed by atoms with Crippen molar-refractivity contribution in [1.29, 1.82) is 0 Å². The Balaban J connectivity index is 0.000000251. The Morgan fingerprint density at radius 2 is 1.39 bits per heavy atom. The van der Waals surface area contributed by atoms with Gasteiger partial charge in [-0.1, -0.05) is 87.9 Å². The average molecular weight is 501 g/mol. The van der Waals surface area contributed by atoms with Crippen LogP contribution in [0.2, 0.25) is 0 Å². The molecule has 2 aliphatic heterocycles. The topological polar surface area (TPSA) is 140 Å². The van der Waals surface area contributed by atoms with Gasteiger partial charge in [-0.05, 0) is 29.9 Å². The van der Waals surface area contributed by atoms with Crippen molar-refractivity contribution in [2.24, 2.45) is 16.3 Å². The Morgan fingerprint density at radius 3 is 1.78 bits per heavy atom. The van der Waals surface area contributed by atoms with E-state index in [0.717, 1.165) is 24.0 Å². The SMILES string of the molecule is CCCC(C)C1(CC)C(=O)N=C([O-])NC1=O.O=C1NC(=O)C(c2ccccc2)(c2ccccc2)N1.[Na+]. The van der Waals surface area contributed by atoms with Gasteiger partial charge < -0.3 is 15.7 Å². The third kappa shape index (κ3) is 5.38. The van der Waals surface area contributed by atoms with Crippen LogP contribution < -0.4 is 50.6 Å². The number of nitrogens with one attached hydrogen (secondary N) is 3. The molecule has 2 aromatic carbocycles. The third-order valence-corrected chi connectivity index (χ3v) is 6.61. The van der Waals surface area contributed by atoms with E-state index in [1.807, 2.05) is 74.5 Å². The van der Waals surface area contributed by atoms with Gasteiger partial charge >= 0.3 is 35.6 Å². The average Bonchev–Trinajstić information content (AvgIpc) is 3.15. The summed E-state index contributed by atoms with van der Waals surface area (Å²) >= 11 is 0. The van der Waals surface area contributed by atoms with Crippen LogP contribution in [0.3, 0.4) is 0 Å². The molecular weight excluding hydrogens is 471 g/mol. The first kappa shape index (κ1) is 29.2. The van der Waals surface area contributed by atoms with E-state index in [1.165, 1.54) is 0 Å². The summed E-state index contributed by atoms with van der Waals surface area (Å²) in [5.74, 6) is -1.55. The molecule has 1 saturated heterocycles. The van der Waals surface area contributed by atoms with Crippen molar-refractivity contribution >= 4 is 29.8 Å². The van der Waals surface area contributed by atoms with Crippen molar-refractivity contribution in [3.63, 3.8) is 0 Å². The number of benzene rings is 2. The number of imide groups is 1. The van der Waals surface area contributed by atoms with E-state index in [9.17, 15) is 24.3 Å². The molecule has 0 radical (unpaired) electrons. The summed E-state index contributed by atoms with van der Waals surface area (Å²) in [4.78, 5) is 50.9. The summed E-state index contributed by atoms with van der Waals surface area (Å²) < 4.78 is 0. The van der Waals surface area contributed by atoms with Crippen molar-refractivity contribution in [2.75, 3.05) is 0 Å². The molecule has 2 aliphatic rings. The van der Waals surface area contributed by atoms with Crippen molar-refractivity contribution in [3.8, 4) is 0 Å². The number of amidine groups is 1. The Bertz CT molecular complexity index is 1100. The molecule has 10 heteroatoms. The molecule has 0 saturated carbocycles. The number of rotatable bonds is 6. The van der Waals surface area contributed by atoms with Crippen LogP contribution in [0.15, 0.2) is 65.7 Å². The molecular formula is C26H29N4NaO5. The molecule has 0 aliphatic carbocycles. The maximum atomic E-state index is 12.3. The summed E-state index contributed by atoms with van der Waals surface area (Å²) in [5.41, 5.74) is -0.808. The van der Waals surface area contributed by atoms with Gasteiger partial charge in [0.1, 0.15) is 5.41 Å². The maximum absolute atomic E-state index is 12.3. The van der Waals surface area contributed by atoms with Gasteiger partial charge in [-0.25, -0.2) is 9.79 Å². The first-order chi connectivity index (χ1) is 16.7. The second kappa shape index (κ2) is 12.3. The molecule has 3 N–H and O–H groups in total. The molecule has 0 spiro atoms. The monoisotopic (exact) mass is 500 g/mol. The minimum Gasteiger partial charge on any atom is -0.846 e. The predicted octanol–water partition coefficient (Wildman–Crippen LogP) is -1.03. The van der Waals surface area contributed by atoms with E-state index in [0.29, 0.717) is 6.42 Å². The normalized spacial score (nSPS) is 21.0. The zero-order valence-electron chi connectivity index (χ0n) is 21.0. The molecule has 184 valence electrons. The molecule has 36 heavy (non-hydrogen) atoms. The Morgan fingerprint density at radius 1 is 0.861 bits per heavy atom. The number of urea groups is 1. The summed E-state index contributed by atoms with van der Waals surface area (Å²) in [6, 6.07) is 17.1. The van der Waals surface area contributed by atoms with Crippen molar-refractivity contribution in [3.05, 3.63) is 71.8 Å². The Hall–Kier alpha value is -3.01. The standard InChI is InChI=1S/C15H12N2O2.C11H18N2O3.Na/c18-13-15(17-14(19)16-13,11-7-3-1-4-8-11)12-9-5-2-6-10-12;1-4-6-7(3)11(5-2)8(14)12-10(16)13-9(11)15;/h1-10H,(H2,16,17,18,19);7H,4-6H2,1-3H3,(H2,12,13,14,15,16);/q;;+1/p-1. The summed E-state index contributed by atoms with van der Waals surface area (Å²) in [7, 11) is 0. The molecule has 2 heterocycles. The van der Waals surface area contributed by atoms with Gasteiger partial charge in [-0.3, -0.25) is 19.7 Å². The summed E-state index contributed by atoms with van der Waals surface area (Å²) in [6.07, 6.45) is 2.02. The molecule has 4 rings (SSSR count). The van der Waals surface area contributed by atoms with E-state index in [-0.39, 0.29) is 41.4 Å².